The van der Waals surface area contributed by atoms with E-state index < -0.39 is 0 Å². The minimum atomic E-state index is -0.355. The fourth-order valence-corrected chi connectivity index (χ4v) is 2.95. The number of anilines is 1. The van der Waals surface area contributed by atoms with E-state index in [0.717, 1.165) is 37.8 Å². The number of nitrogens with one attached hydrogen (secondary N) is 1. The highest BCUT2D eigenvalue weighted by Gasteiger charge is 2.34. The summed E-state index contributed by atoms with van der Waals surface area (Å²) in [4.78, 5) is 14.1. The van der Waals surface area contributed by atoms with Gasteiger partial charge in [0.2, 0.25) is 5.91 Å². The van der Waals surface area contributed by atoms with E-state index in [4.69, 9.17) is 0 Å². The predicted molar refractivity (Wildman–Crippen MR) is 85.5 cm³/mol. The molecule has 1 amide bonds. The molecule has 4 nitrogen and oxygen atoms in total. The number of benzene rings is 1. The first kappa shape index (κ1) is 15.8. The largest absolute Gasteiger partial charge is 0.394 e. The Balaban J connectivity index is 1.83. The van der Waals surface area contributed by atoms with Crippen LogP contribution in [0, 0.1) is 0 Å². The molecule has 1 aromatic rings. The van der Waals surface area contributed by atoms with E-state index in [2.05, 4.69) is 34.5 Å². The Morgan fingerprint density at radius 2 is 1.86 bits per heavy atom. The van der Waals surface area contributed by atoms with Crippen molar-refractivity contribution in [3.8, 4) is 0 Å². The number of hydrogen-bond donors (Lipinski definition) is 2. The summed E-state index contributed by atoms with van der Waals surface area (Å²) in [7, 11) is 4.02. The topological polar surface area (TPSA) is 52.6 Å². The Morgan fingerprint density at radius 3 is 2.38 bits per heavy atom. The number of rotatable bonds is 6. The maximum absolute atomic E-state index is 12.1. The quantitative estimate of drug-likeness (QED) is 0.843. The lowest BCUT2D eigenvalue weighted by molar-refractivity contribution is -0.123. The molecule has 2 N–H and O–H groups in total. The number of aliphatic hydroxyl groups excluding tert-OH is 1. The summed E-state index contributed by atoms with van der Waals surface area (Å²) in [5.41, 5.74) is 1.97. The van der Waals surface area contributed by atoms with Crippen LogP contribution in [0.2, 0.25) is 0 Å². The molecule has 1 aromatic carbocycles. The van der Waals surface area contributed by atoms with Crippen LogP contribution in [0.15, 0.2) is 24.3 Å². The highest BCUT2D eigenvalue weighted by Crippen LogP contribution is 2.29. The predicted octanol–water partition coefficient (Wildman–Crippen LogP) is 2.11. The summed E-state index contributed by atoms with van der Waals surface area (Å²) in [5.74, 6) is 0.0441. The molecule has 2 rings (SSSR count). The van der Waals surface area contributed by atoms with Gasteiger partial charge in [-0.2, -0.15) is 0 Å². The fraction of sp³-hybridized carbons (Fsp3) is 0.588. The molecule has 0 unspecified atom stereocenters. The maximum Gasteiger partial charge on any atom is 0.220 e. The molecule has 0 bridgehead atoms. The van der Waals surface area contributed by atoms with E-state index in [-0.39, 0.29) is 18.1 Å². The van der Waals surface area contributed by atoms with Crippen molar-refractivity contribution in [2.75, 3.05) is 25.6 Å². The second kappa shape index (κ2) is 6.94. The summed E-state index contributed by atoms with van der Waals surface area (Å²) in [6.07, 6.45) is 5.18. The summed E-state index contributed by atoms with van der Waals surface area (Å²) in [5, 5.41) is 12.6. The lowest BCUT2D eigenvalue weighted by Crippen LogP contribution is -2.49. The third kappa shape index (κ3) is 4.21. The summed E-state index contributed by atoms with van der Waals surface area (Å²) >= 11 is 0. The normalized spacial score (nSPS) is 16.7. The van der Waals surface area contributed by atoms with Gasteiger partial charge in [0.1, 0.15) is 0 Å². The van der Waals surface area contributed by atoms with Gasteiger partial charge >= 0.3 is 0 Å². The number of carbonyl (C=O) groups is 1. The molecule has 0 saturated heterocycles. The second-order valence-electron chi connectivity index (χ2n) is 6.25. The lowest BCUT2D eigenvalue weighted by Gasteiger charge is -2.28. The first-order valence-corrected chi connectivity index (χ1v) is 7.73. The molecule has 0 atom stereocenters. The van der Waals surface area contributed by atoms with Crippen LogP contribution in [0.25, 0.3) is 0 Å². The van der Waals surface area contributed by atoms with Crippen molar-refractivity contribution in [2.45, 2.75) is 44.1 Å². The van der Waals surface area contributed by atoms with E-state index in [0.29, 0.717) is 6.42 Å². The molecule has 1 aliphatic rings. The van der Waals surface area contributed by atoms with Crippen LogP contribution in [-0.4, -0.2) is 37.3 Å². The van der Waals surface area contributed by atoms with Gasteiger partial charge in [-0.3, -0.25) is 4.79 Å². The van der Waals surface area contributed by atoms with E-state index >= 15 is 0 Å². The van der Waals surface area contributed by atoms with Crippen LogP contribution >= 0.6 is 0 Å². The number of carbonyl (C=O) groups excluding carboxylic acids is 1. The van der Waals surface area contributed by atoms with Crippen LogP contribution in [0.1, 0.15) is 37.7 Å². The average molecular weight is 290 g/mol. The average Bonchev–Trinajstić information content (AvgIpc) is 2.94. The fourth-order valence-electron chi connectivity index (χ4n) is 2.95. The molecule has 1 fully saturated rings. The van der Waals surface area contributed by atoms with Crippen LogP contribution in [-0.2, 0) is 11.2 Å². The minimum absolute atomic E-state index is 0.0441. The van der Waals surface area contributed by atoms with Gasteiger partial charge in [-0.1, -0.05) is 25.0 Å². The number of aryl methyl sites for hydroxylation is 1. The molecule has 116 valence electrons. The van der Waals surface area contributed by atoms with Crippen LogP contribution in [0.3, 0.4) is 0 Å². The molecule has 0 heterocycles. The lowest BCUT2D eigenvalue weighted by atomic mass is 9.98. The van der Waals surface area contributed by atoms with Crippen molar-refractivity contribution in [1.29, 1.82) is 0 Å². The third-order valence-electron chi connectivity index (χ3n) is 4.36. The molecule has 0 aromatic heterocycles. The highest BCUT2D eigenvalue weighted by atomic mass is 16.3. The molecule has 0 radical (unpaired) electrons. The Bertz CT molecular complexity index is 462. The van der Waals surface area contributed by atoms with Gasteiger partial charge in [-0.15, -0.1) is 0 Å². The van der Waals surface area contributed by atoms with Gasteiger partial charge < -0.3 is 15.3 Å². The standard InChI is InChI=1S/C17H26N2O2/c1-19(2)15-8-5-14(6-9-15)7-10-16(21)18-17(13-20)11-3-4-12-17/h5-6,8-9,20H,3-4,7,10-13H2,1-2H3,(H,18,21). The van der Waals surface area contributed by atoms with Crippen LogP contribution in [0.4, 0.5) is 5.69 Å². The van der Waals surface area contributed by atoms with Crippen LogP contribution in [0.5, 0.6) is 0 Å². The third-order valence-corrected chi connectivity index (χ3v) is 4.36. The van der Waals surface area contributed by atoms with E-state index in [1.165, 1.54) is 5.56 Å². The minimum Gasteiger partial charge on any atom is -0.394 e. The zero-order chi connectivity index (χ0) is 15.3. The molecule has 1 saturated carbocycles. The number of hydrogen-bond acceptors (Lipinski definition) is 3. The number of nitrogens with zero attached hydrogens (tertiary/aromatic N) is 1. The van der Waals surface area contributed by atoms with Crippen molar-refractivity contribution < 1.29 is 9.90 Å². The molecule has 0 spiro atoms. The van der Waals surface area contributed by atoms with Crippen molar-refractivity contribution in [3.63, 3.8) is 0 Å². The summed E-state index contributed by atoms with van der Waals surface area (Å²) < 4.78 is 0. The molecule has 4 heteroatoms. The molecule has 21 heavy (non-hydrogen) atoms. The van der Waals surface area contributed by atoms with Crippen molar-refractivity contribution in [2.24, 2.45) is 0 Å². The van der Waals surface area contributed by atoms with Gasteiger partial charge in [-0.05, 0) is 37.0 Å². The zero-order valence-corrected chi connectivity index (χ0v) is 13.1. The first-order chi connectivity index (χ1) is 10.0. The van der Waals surface area contributed by atoms with Crippen molar-refractivity contribution in [3.05, 3.63) is 29.8 Å². The first-order valence-electron chi connectivity index (χ1n) is 7.73. The van der Waals surface area contributed by atoms with Gasteiger partial charge in [0, 0.05) is 26.2 Å². The summed E-state index contributed by atoms with van der Waals surface area (Å²) in [6.45, 7) is 0.0519. The highest BCUT2D eigenvalue weighted by molar-refractivity contribution is 5.77. The zero-order valence-electron chi connectivity index (χ0n) is 13.1. The van der Waals surface area contributed by atoms with E-state index in [1.54, 1.807) is 0 Å². The number of aliphatic hydroxyl groups is 1. The Hall–Kier alpha value is -1.55. The van der Waals surface area contributed by atoms with Crippen molar-refractivity contribution >= 4 is 11.6 Å². The molecule has 1 aliphatic carbocycles. The monoisotopic (exact) mass is 290 g/mol. The Morgan fingerprint density at radius 1 is 1.24 bits per heavy atom. The Labute approximate surface area is 127 Å². The number of amides is 1. The smallest absolute Gasteiger partial charge is 0.220 e. The SMILES string of the molecule is CN(C)c1ccc(CCC(=O)NC2(CO)CCCC2)cc1. The van der Waals surface area contributed by atoms with Gasteiger partial charge in [-0.25, -0.2) is 0 Å². The second-order valence-corrected chi connectivity index (χ2v) is 6.25. The van der Waals surface area contributed by atoms with E-state index in [1.807, 2.05) is 14.1 Å². The molecular formula is C17H26N2O2. The van der Waals surface area contributed by atoms with Crippen molar-refractivity contribution in [1.82, 2.24) is 5.32 Å². The molecule has 0 aliphatic heterocycles. The van der Waals surface area contributed by atoms with Crippen LogP contribution < -0.4 is 10.2 Å². The van der Waals surface area contributed by atoms with Gasteiger partial charge in [0.25, 0.3) is 0 Å². The van der Waals surface area contributed by atoms with Gasteiger partial charge in [0.05, 0.1) is 12.1 Å². The maximum atomic E-state index is 12.1. The van der Waals surface area contributed by atoms with Gasteiger partial charge in [0.15, 0.2) is 0 Å². The summed E-state index contributed by atoms with van der Waals surface area (Å²) in [6, 6.07) is 8.28. The molecular weight excluding hydrogens is 264 g/mol. The van der Waals surface area contributed by atoms with E-state index in [9.17, 15) is 9.90 Å². The Kier molecular flexibility index (Phi) is 5.23.